The molecule has 4 aromatic rings. The Morgan fingerprint density at radius 1 is 1.08 bits per heavy atom. The van der Waals surface area contributed by atoms with Crippen LogP contribution in [-0.2, 0) is 6.54 Å². The second-order valence-corrected chi connectivity index (χ2v) is 6.31. The van der Waals surface area contributed by atoms with E-state index in [4.69, 9.17) is 9.26 Å². The lowest BCUT2D eigenvalue weighted by molar-refractivity contribution is 0.356. The summed E-state index contributed by atoms with van der Waals surface area (Å²) in [5, 5.41) is 16.5. The van der Waals surface area contributed by atoms with E-state index >= 15 is 0 Å². The van der Waals surface area contributed by atoms with Gasteiger partial charge in [-0.05, 0) is 29.5 Å². The van der Waals surface area contributed by atoms with E-state index in [1.54, 1.807) is 7.11 Å². The van der Waals surface area contributed by atoms with Crippen LogP contribution in [0.25, 0.3) is 22.8 Å². The zero-order chi connectivity index (χ0) is 17.9. The number of benzene rings is 2. The Balaban J connectivity index is 1.53. The van der Waals surface area contributed by atoms with E-state index in [2.05, 4.69) is 41.5 Å². The summed E-state index contributed by atoms with van der Waals surface area (Å²) in [5.41, 5.74) is 1.67. The lowest BCUT2D eigenvalue weighted by Crippen LogP contribution is -2.04. The van der Waals surface area contributed by atoms with E-state index in [0.29, 0.717) is 17.5 Å². The number of hydrogen-bond donors (Lipinski definition) is 0. The van der Waals surface area contributed by atoms with Crippen LogP contribution in [0, 0.1) is 0 Å². The molecular weight excluding hydrogens is 400 g/mol. The fourth-order valence-electron chi connectivity index (χ4n) is 2.37. The number of aromatic nitrogens is 6. The maximum Gasteiger partial charge on any atom is 0.250 e. The summed E-state index contributed by atoms with van der Waals surface area (Å²) in [6.45, 7) is 0.234. The van der Waals surface area contributed by atoms with Gasteiger partial charge in [0.05, 0.1) is 7.11 Å². The van der Waals surface area contributed by atoms with Crippen molar-refractivity contribution in [3.8, 4) is 28.5 Å². The topological polar surface area (TPSA) is 91.8 Å². The average Bonchev–Trinajstić information content (AvgIpc) is 3.32. The molecule has 0 aliphatic rings. The first kappa shape index (κ1) is 16.4. The van der Waals surface area contributed by atoms with Crippen LogP contribution in [0.4, 0.5) is 0 Å². The van der Waals surface area contributed by atoms with Crippen LogP contribution in [0.5, 0.6) is 5.75 Å². The largest absolute Gasteiger partial charge is 0.497 e. The molecule has 4 rings (SSSR count). The first-order valence-corrected chi connectivity index (χ1v) is 8.51. The highest BCUT2D eigenvalue weighted by atomic mass is 79.9. The summed E-state index contributed by atoms with van der Waals surface area (Å²) in [6, 6.07) is 15.1. The normalized spacial score (nSPS) is 10.8. The summed E-state index contributed by atoms with van der Waals surface area (Å²) < 4.78 is 11.4. The summed E-state index contributed by atoms with van der Waals surface area (Å²) in [5.74, 6) is 2.13. The number of methoxy groups -OCH3 is 1. The Morgan fingerprint density at radius 3 is 2.69 bits per heavy atom. The minimum absolute atomic E-state index is 0.234. The van der Waals surface area contributed by atoms with E-state index in [1.165, 1.54) is 4.80 Å². The van der Waals surface area contributed by atoms with Crippen molar-refractivity contribution in [2.45, 2.75) is 6.54 Å². The number of ether oxygens (including phenoxy) is 1. The molecule has 0 aliphatic carbocycles. The van der Waals surface area contributed by atoms with Gasteiger partial charge in [-0.15, -0.1) is 10.2 Å². The van der Waals surface area contributed by atoms with Gasteiger partial charge in [-0.3, -0.25) is 0 Å². The van der Waals surface area contributed by atoms with Gasteiger partial charge < -0.3 is 9.26 Å². The Hall–Kier alpha value is -3.07. The minimum Gasteiger partial charge on any atom is -0.497 e. The lowest BCUT2D eigenvalue weighted by atomic mass is 10.2. The van der Waals surface area contributed by atoms with Gasteiger partial charge in [-0.2, -0.15) is 9.78 Å². The third-order valence-electron chi connectivity index (χ3n) is 3.61. The fraction of sp³-hybridized carbons (Fsp3) is 0.118. The maximum absolute atomic E-state index is 5.29. The quantitative estimate of drug-likeness (QED) is 0.496. The average molecular weight is 413 g/mol. The molecule has 0 atom stereocenters. The van der Waals surface area contributed by atoms with Crippen molar-refractivity contribution in [3.05, 3.63) is 58.9 Å². The Kier molecular flexibility index (Phi) is 4.44. The molecule has 0 unspecified atom stereocenters. The van der Waals surface area contributed by atoms with E-state index in [0.717, 1.165) is 21.3 Å². The predicted octanol–water partition coefficient (Wildman–Crippen LogP) is 3.21. The number of hydrogen-bond acceptors (Lipinski definition) is 7. The molecule has 8 nitrogen and oxygen atoms in total. The van der Waals surface area contributed by atoms with Crippen LogP contribution < -0.4 is 4.74 Å². The van der Waals surface area contributed by atoms with Crippen molar-refractivity contribution in [1.29, 1.82) is 0 Å². The Labute approximate surface area is 156 Å². The smallest absolute Gasteiger partial charge is 0.250 e. The van der Waals surface area contributed by atoms with Crippen LogP contribution in [0.3, 0.4) is 0 Å². The van der Waals surface area contributed by atoms with Crippen molar-refractivity contribution >= 4 is 15.9 Å². The van der Waals surface area contributed by atoms with Gasteiger partial charge in [-0.25, -0.2) is 0 Å². The molecular formula is C17H13BrN6O2. The molecule has 0 radical (unpaired) electrons. The molecule has 0 N–H and O–H groups in total. The summed E-state index contributed by atoms with van der Waals surface area (Å²) in [4.78, 5) is 5.79. The van der Waals surface area contributed by atoms with Gasteiger partial charge in [0.1, 0.15) is 12.3 Å². The van der Waals surface area contributed by atoms with Crippen molar-refractivity contribution < 1.29 is 9.26 Å². The maximum atomic E-state index is 5.29. The molecule has 130 valence electrons. The predicted molar refractivity (Wildman–Crippen MR) is 96.3 cm³/mol. The van der Waals surface area contributed by atoms with Crippen LogP contribution in [0.1, 0.15) is 5.89 Å². The Morgan fingerprint density at radius 2 is 1.88 bits per heavy atom. The molecule has 2 heterocycles. The molecule has 0 aliphatic heterocycles. The van der Waals surface area contributed by atoms with Crippen LogP contribution in [0.15, 0.2) is 57.5 Å². The number of rotatable bonds is 5. The van der Waals surface area contributed by atoms with Crippen molar-refractivity contribution in [1.82, 2.24) is 30.3 Å². The standard InChI is InChI=1S/C17H13BrN6O2/c1-25-14-7-3-5-12(9-14)17-20-23-24(21-17)10-15-19-16(22-26-15)11-4-2-6-13(18)8-11/h2-9H,10H2,1H3. The van der Waals surface area contributed by atoms with Gasteiger partial charge in [0.15, 0.2) is 0 Å². The van der Waals surface area contributed by atoms with Crippen LogP contribution in [0.2, 0.25) is 0 Å². The van der Waals surface area contributed by atoms with Gasteiger partial charge in [0.2, 0.25) is 11.6 Å². The molecule has 9 heteroatoms. The first-order chi connectivity index (χ1) is 12.7. The van der Waals surface area contributed by atoms with Crippen molar-refractivity contribution in [2.75, 3.05) is 7.11 Å². The summed E-state index contributed by atoms with van der Waals surface area (Å²) >= 11 is 3.43. The highest BCUT2D eigenvalue weighted by molar-refractivity contribution is 9.10. The third-order valence-corrected chi connectivity index (χ3v) is 4.10. The number of tetrazole rings is 1. The lowest BCUT2D eigenvalue weighted by Gasteiger charge is -2.00. The van der Waals surface area contributed by atoms with Crippen molar-refractivity contribution in [2.24, 2.45) is 0 Å². The molecule has 26 heavy (non-hydrogen) atoms. The summed E-state index contributed by atoms with van der Waals surface area (Å²) in [7, 11) is 1.61. The highest BCUT2D eigenvalue weighted by Gasteiger charge is 2.12. The van der Waals surface area contributed by atoms with Gasteiger partial charge >= 0.3 is 0 Å². The molecule has 0 saturated heterocycles. The number of halogens is 1. The van der Waals surface area contributed by atoms with E-state index in [9.17, 15) is 0 Å². The SMILES string of the molecule is COc1cccc(-c2nnn(Cc3nc(-c4cccc(Br)c4)no3)n2)c1. The minimum atomic E-state index is 0.234. The molecule has 0 fully saturated rings. The summed E-state index contributed by atoms with van der Waals surface area (Å²) in [6.07, 6.45) is 0. The van der Waals surface area contributed by atoms with E-state index < -0.39 is 0 Å². The molecule has 0 bridgehead atoms. The highest BCUT2D eigenvalue weighted by Crippen LogP contribution is 2.21. The van der Waals surface area contributed by atoms with E-state index in [1.807, 2.05) is 48.5 Å². The second kappa shape index (κ2) is 7.04. The van der Waals surface area contributed by atoms with Crippen molar-refractivity contribution in [3.63, 3.8) is 0 Å². The van der Waals surface area contributed by atoms with E-state index in [-0.39, 0.29) is 6.54 Å². The second-order valence-electron chi connectivity index (χ2n) is 5.40. The molecule has 2 aromatic carbocycles. The zero-order valence-corrected chi connectivity index (χ0v) is 15.3. The Bertz CT molecular complexity index is 1040. The molecule has 0 saturated carbocycles. The molecule has 2 aromatic heterocycles. The monoisotopic (exact) mass is 412 g/mol. The number of nitrogens with zero attached hydrogens (tertiary/aromatic N) is 6. The van der Waals surface area contributed by atoms with Crippen LogP contribution in [-0.4, -0.2) is 37.5 Å². The molecule has 0 spiro atoms. The van der Waals surface area contributed by atoms with Gasteiger partial charge in [0, 0.05) is 15.6 Å². The third kappa shape index (κ3) is 3.47. The van der Waals surface area contributed by atoms with Crippen LogP contribution >= 0.6 is 15.9 Å². The van der Waals surface area contributed by atoms with Gasteiger partial charge in [-0.1, -0.05) is 45.4 Å². The fourth-order valence-corrected chi connectivity index (χ4v) is 2.77. The molecule has 0 amide bonds. The zero-order valence-electron chi connectivity index (χ0n) is 13.7. The first-order valence-electron chi connectivity index (χ1n) is 7.72. The van der Waals surface area contributed by atoms with Gasteiger partial charge in [0.25, 0.3) is 5.89 Å².